The monoisotopic (exact) mass is 527 g/mol. The molecule has 7 nitrogen and oxygen atoms in total. The number of ether oxygens (including phenoxy) is 2. The van der Waals surface area contributed by atoms with Crippen molar-refractivity contribution in [1.29, 1.82) is 0 Å². The van der Waals surface area contributed by atoms with E-state index in [9.17, 15) is 4.79 Å². The van der Waals surface area contributed by atoms with E-state index in [0.717, 1.165) is 54.8 Å². The summed E-state index contributed by atoms with van der Waals surface area (Å²) in [5, 5.41) is 5.11. The smallest absolute Gasteiger partial charge is 0.228 e. The van der Waals surface area contributed by atoms with Crippen molar-refractivity contribution < 1.29 is 18.8 Å². The lowest BCUT2D eigenvalue weighted by Gasteiger charge is -2.28. The Balaban J connectivity index is 1.38. The van der Waals surface area contributed by atoms with Crippen molar-refractivity contribution in [3.8, 4) is 11.5 Å². The van der Waals surface area contributed by atoms with Crippen molar-refractivity contribution in [2.75, 3.05) is 32.8 Å². The number of fused-ring (bicyclic) bond motifs is 2. The highest BCUT2D eigenvalue weighted by Crippen LogP contribution is 2.33. The minimum Gasteiger partial charge on any atom is -0.490 e. The summed E-state index contributed by atoms with van der Waals surface area (Å²) in [6.45, 7) is 6.76. The van der Waals surface area contributed by atoms with E-state index in [0.29, 0.717) is 44.1 Å². The minimum atomic E-state index is 0.0823. The van der Waals surface area contributed by atoms with Crippen molar-refractivity contribution in [2.24, 2.45) is 0 Å². The van der Waals surface area contributed by atoms with Crippen LogP contribution in [0.2, 0.25) is 0 Å². The number of carbonyl (C=O) groups excluding carboxylic acids is 1. The lowest BCUT2D eigenvalue weighted by Crippen LogP contribution is -2.39. The molecule has 4 aromatic rings. The standard InChI is InChI=1S/C32H37N3O4/c1-2-37-30-17-11-14-26-24-34(23-25-12-5-3-6-13-25)19-20-35(18-9-4-10-21-38-32(26)30)31(36)22-28-27-15-7-8-16-29(27)39-33-28/h3,5-8,11-17H,2,4,9-10,18-24H2,1H3. The zero-order valence-electron chi connectivity index (χ0n) is 22.7. The second kappa shape index (κ2) is 13.3. The summed E-state index contributed by atoms with van der Waals surface area (Å²) >= 11 is 0. The van der Waals surface area contributed by atoms with Gasteiger partial charge < -0.3 is 18.9 Å². The Bertz CT molecular complexity index is 1350. The first kappa shape index (κ1) is 26.8. The molecule has 39 heavy (non-hydrogen) atoms. The van der Waals surface area contributed by atoms with Gasteiger partial charge in [-0.15, -0.1) is 0 Å². The van der Waals surface area contributed by atoms with Gasteiger partial charge in [0.1, 0.15) is 5.69 Å². The van der Waals surface area contributed by atoms with Gasteiger partial charge in [0.25, 0.3) is 0 Å². The molecule has 0 fully saturated rings. The summed E-state index contributed by atoms with van der Waals surface area (Å²) in [6, 6.07) is 24.3. The molecule has 0 atom stereocenters. The first-order valence-electron chi connectivity index (χ1n) is 14.0. The second-order valence-electron chi connectivity index (χ2n) is 9.97. The molecule has 204 valence electrons. The molecule has 5 rings (SSSR count). The molecule has 0 bridgehead atoms. The van der Waals surface area contributed by atoms with Crippen LogP contribution in [0.1, 0.15) is 43.0 Å². The maximum absolute atomic E-state index is 13.6. The molecule has 2 heterocycles. The van der Waals surface area contributed by atoms with Gasteiger partial charge in [-0.05, 0) is 49.9 Å². The molecule has 1 aromatic heterocycles. The summed E-state index contributed by atoms with van der Waals surface area (Å²) in [4.78, 5) is 17.9. The highest BCUT2D eigenvalue weighted by atomic mass is 16.5. The van der Waals surface area contributed by atoms with Crippen LogP contribution in [0, 0.1) is 0 Å². The molecule has 0 aliphatic carbocycles. The molecule has 1 aliphatic rings. The van der Waals surface area contributed by atoms with Crippen LogP contribution in [0.3, 0.4) is 0 Å². The van der Waals surface area contributed by atoms with Crippen molar-refractivity contribution >= 4 is 16.9 Å². The van der Waals surface area contributed by atoms with Crippen molar-refractivity contribution in [1.82, 2.24) is 15.0 Å². The summed E-state index contributed by atoms with van der Waals surface area (Å²) in [5.41, 5.74) is 3.75. The van der Waals surface area contributed by atoms with E-state index < -0.39 is 0 Å². The molecule has 0 unspecified atom stereocenters. The van der Waals surface area contributed by atoms with Crippen molar-refractivity contribution in [3.63, 3.8) is 0 Å². The number of hydrogen-bond donors (Lipinski definition) is 0. The second-order valence-corrected chi connectivity index (χ2v) is 9.97. The Kier molecular flexibility index (Phi) is 9.12. The van der Waals surface area contributed by atoms with Gasteiger partial charge in [-0.2, -0.15) is 0 Å². The van der Waals surface area contributed by atoms with Gasteiger partial charge in [0.2, 0.25) is 5.91 Å². The molecule has 0 saturated heterocycles. The van der Waals surface area contributed by atoms with Crippen molar-refractivity contribution in [3.05, 3.63) is 89.6 Å². The average molecular weight is 528 g/mol. The lowest BCUT2D eigenvalue weighted by molar-refractivity contribution is -0.130. The van der Waals surface area contributed by atoms with Gasteiger partial charge in [0, 0.05) is 43.7 Å². The van der Waals surface area contributed by atoms with E-state index in [4.69, 9.17) is 14.0 Å². The fraction of sp³-hybridized carbons (Fsp3) is 0.375. The molecule has 1 amide bonds. The number of amides is 1. The maximum Gasteiger partial charge on any atom is 0.228 e. The van der Waals surface area contributed by atoms with E-state index in [2.05, 4.69) is 40.4 Å². The number of carbonyl (C=O) groups is 1. The molecule has 7 heteroatoms. The van der Waals surface area contributed by atoms with Gasteiger partial charge in [-0.3, -0.25) is 9.69 Å². The molecule has 1 aliphatic heterocycles. The highest BCUT2D eigenvalue weighted by molar-refractivity contribution is 5.86. The third kappa shape index (κ3) is 6.98. The van der Waals surface area contributed by atoms with Gasteiger partial charge in [0.05, 0.1) is 19.6 Å². The predicted octanol–water partition coefficient (Wildman–Crippen LogP) is 5.86. The van der Waals surface area contributed by atoms with Crippen LogP contribution in [0.25, 0.3) is 11.0 Å². The van der Waals surface area contributed by atoms with Crippen LogP contribution in [0.4, 0.5) is 0 Å². The van der Waals surface area contributed by atoms with Crippen LogP contribution in [0.5, 0.6) is 11.5 Å². The fourth-order valence-electron chi connectivity index (χ4n) is 5.12. The zero-order chi connectivity index (χ0) is 26.9. The SMILES string of the molecule is CCOc1cccc2c1OCCCCCN(C(=O)Cc1noc3ccccc13)CCN(Cc1ccccc1)C2. The quantitative estimate of drug-likeness (QED) is 0.313. The summed E-state index contributed by atoms with van der Waals surface area (Å²) in [6.07, 6.45) is 3.06. The van der Waals surface area contributed by atoms with E-state index in [1.165, 1.54) is 5.56 Å². The third-order valence-corrected chi connectivity index (χ3v) is 7.13. The largest absolute Gasteiger partial charge is 0.490 e. The first-order chi connectivity index (χ1) is 19.2. The summed E-state index contributed by atoms with van der Waals surface area (Å²) in [5.74, 6) is 1.71. The highest BCUT2D eigenvalue weighted by Gasteiger charge is 2.21. The molecular formula is C32H37N3O4. The van der Waals surface area contributed by atoms with Crippen molar-refractivity contribution in [2.45, 2.75) is 45.7 Å². The fourth-order valence-corrected chi connectivity index (χ4v) is 5.12. The number of nitrogens with zero attached hydrogens (tertiary/aromatic N) is 3. The number of aromatic nitrogens is 1. The molecule has 0 spiro atoms. The van der Waals surface area contributed by atoms with Crippen LogP contribution >= 0.6 is 0 Å². The van der Waals surface area contributed by atoms with Crippen LogP contribution in [0.15, 0.2) is 77.3 Å². The van der Waals surface area contributed by atoms with E-state index in [1.54, 1.807) is 0 Å². The molecule has 0 saturated carbocycles. The Morgan fingerprint density at radius 2 is 1.77 bits per heavy atom. The zero-order valence-corrected chi connectivity index (χ0v) is 22.7. The number of para-hydroxylation sites is 2. The maximum atomic E-state index is 13.6. The van der Waals surface area contributed by atoms with Gasteiger partial charge >= 0.3 is 0 Å². The summed E-state index contributed by atoms with van der Waals surface area (Å²) in [7, 11) is 0. The molecule has 0 radical (unpaired) electrons. The Labute approximate surface area is 230 Å². The van der Waals surface area contributed by atoms with Crippen LogP contribution in [-0.2, 0) is 24.3 Å². The minimum absolute atomic E-state index is 0.0823. The van der Waals surface area contributed by atoms with Gasteiger partial charge in [-0.25, -0.2) is 0 Å². The van der Waals surface area contributed by atoms with E-state index >= 15 is 0 Å². The number of hydrogen-bond acceptors (Lipinski definition) is 6. The topological polar surface area (TPSA) is 68.0 Å². The predicted molar refractivity (Wildman–Crippen MR) is 152 cm³/mol. The molecular weight excluding hydrogens is 490 g/mol. The lowest BCUT2D eigenvalue weighted by atomic mass is 10.1. The van der Waals surface area contributed by atoms with Gasteiger partial charge in [0.15, 0.2) is 17.1 Å². The van der Waals surface area contributed by atoms with E-state index in [1.807, 2.05) is 54.3 Å². The number of benzene rings is 3. The Morgan fingerprint density at radius 3 is 2.64 bits per heavy atom. The first-order valence-corrected chi connectivity index (χ1v) is 14.0. The molecule has 3 aromatic carbocycles. The summed E-state index contributed by atoms with van der Waals surface area (Å²) < 4.78 is 17.7. The number of rotatable bonds is 6. The normalized spacial score (nSPS) is 15.5. The third-order valence-electron chi connectivity index (χ3n) is 7.13. The molecule has 0 N–H and O–H groups in total. The van der Waals surface area contributed by atoms with Gasteiger partial charge in [-0.1, -0.05) is 59.8 Å². The average Bonchev–Trinajstić information content (AvgIpc) is 3.36. The Morgan fingerprint density at radius 1 is 0.923 bits per heavy atom. The Hall–Kier alpha value is -3.84. The van der Waals surface area contributed by atoms with E-state index in [-0.39, 0.29) is 12.3 Å². The van der Waals surface area contributed by atoms with Crippen LogP contribution in [-0.4, -0.2) is 53.7 Å². The van der Waals surface area contributed by atoms with Crippen LogP contribution < -0.4 is 9.47 Å².